The van der Waals surface area contributed by atoms with Crippen LogP contribution >= 0.6 is 0 Å². The number of hydrogen-bond donors (Lipinski definition) is 3. The van der Waals surface area contributed by atoms with E-state index < -0.39 is 42.2 Å². The number of phenolic OH excluding ortho intramolecular Hbond substituents is 3. The van der Waals surface area contributed by atoms with E-state index in [1.54, 1.807) is 0 Å². The van der Waals surface area contributed by atoms with Crippen LogP contribution in [0.3, 0.4) is 0 Å². The van der Waals surface area contributed by atoms with Gasteiger partial charge in [0.1, 0.15) is 17.2 Å². The maximum atomic E-state index is 12.2. The smallest absolute Gasteiger partial charge is 0.193 e. The van der Waals surface area contributed by atoms with Crippen LogP contribution in [0, 0.1) is 35.5 Å². The molecule has 0 saturated carbocycles. The Bertz CT molecular complexity index is 2750. The van der Waals surface area contributed by atoms with Gasteiger partial charge in [0.2, 0.25) is 0 Å². The van der Waals surface area contributed by atoms with Crippen LogP contribution in [0.15, 0.2) is 69.6 Å². The number of hydrogen-bond acceptors (Lipinski definition) is 9. The molecule has 4 aromatic rings. The lowest BCUT2D eigenvalue weighted by molar-refractivity contribution is 0.334. The minimum absolute atomic E-state index is 0.0258. The lowest BCUT2D eigenvalue weighted by Gasteiger charge is -2.35. The molecule has 12 heteroatoms. The summed E-state index contributed by atoms with van der Waals surface area (Å²) in [5, 5.41) is 36.7. The van der Waals surface area contributed by atoms with Crippen molar-refractivity contribution < 1.29 is 28.6 Å². The predicted octanol–water partition coefficient (Wildman–Crippen LogP) is 17.1. The van der Waals surface area contributed by atoms with Gasteiger partial charge in [-0.15, -0.1) is 0 Å². The summed E-state index contributed by atoms with van der Waals surface area (Å²) in [5.41, 5.74) is 5.97. The Balaban J connectivity index is 2.00. The predicted molar refractivity (Wildman–Crippen MR) is 339 cm³/mol. The highest BCUT2D eigenvalue weighted by Gasteiger charge is 2.38. The van der Waals surface area contributed by atoms with Crippen molar-refractivity contribution in [1.29, 1.82) is 0 Å². The van der Waals surface area contributed by atoms with Crippen LogP contribution in [-0.4, -0.2) is 78.7 Å². The molecule has 0 unspecified atom stereocenters. The first kappa shape index (κ1) is 65.0. The Morgan fingerprint density at radius 2 is 0.603 bits per heavy atom. The van der Waals surface area contributed by atoms with Crippen LogP contribution in [0.5, 0.6) is 17.2 Å². The quantitative estimate of drug-likeness (QED) is 0.0737. The molecule has 4 aromatic carbocycles. The second-order valence-corrected chi connectivity index (χ2v) is 42.5. The third-order valence-corrected chi connectivity index (χ3v) is 29.2. The zero-order valence-electron chi connectivity index (χ0n) is 52.0. The average Bonchev–Trinajstić information content (AvgIpc) is 3.29. The van der Waals surface area contributed by atoms with Crippen molar-refractivity contribution >= 4 is 60.7 Å². The maximum Gasteiger partial charge on any atom is 0.193 e. The number of nitrogens with zero attached hydrogens (tertiary/aromatic N) is 3. The number of aliphatic imine (C=N–C) groups is 3. The number of aromatic hydroxyl groups is 3. The van der Waals surface area contributed by atoms with Gasteiger partial charge in [0, 0.05) is 18.6 Å². The summed E-state index contributed by atoms with van der Waals surface area (Å²) in [6.07, 6.45) is 4.16. The van der Waals surface area contributed by atoms with Gasteiger partial charge in [0.25, 0.3) is 0 Å². The lowest BCUT2D eigenvalue weighted by atomic mass is 9.86. The monoisotopic (exact) mass is 1110 g/mol. The minimum Gasteiger partial charge on any atom is -0.506 e. The summed E-state index contributed by atoms with van der Waals surface area (Å²) in [6.45, 7) is 53.0. The topological polar surface area (TPSA) is 125 Å². The first-order valence-electron chi connectivity index (χ1n) is 27.2. The number of phenols is 3. The van der Waals surface area contributed by atoms with Crippen molar-refractivity contribution in [2.24, 2.45) is 15.0 Å². The van der Waals surface area contributed by atoms with Crippen molar-refractivity contribution in [3.8, 4) is 52.8 Å². The van der Waals surface area contributed by atoms with Crippen LogP contribution in [0.2, 0.25) is 54.4 Å². The van der Waals surface area contributed by atoms with Gasteiger partial charge in [-0.3, -0.25) is 15.0 Å². The summed E-state index contributed by atoms with van der Waals surface area (Å²) < 4.78 is 19.2. The molecular formula is C66H93N3O6Si3. The van der Waals surface area contributed by atoms with Crippen molar-refractivity contribution in [3.63, 3.8) is 0 Å². The van der Waals surface area contributed by atoms with E-state index in [0.29, 0.717) is 33.8 Å². The van der Waals surface area contributed by atoms with Crippen molar-refractivity contribution in [2.45, 2.75) is 195 Å². The van der Waals surface area contributed by atoms with Gasteiger partial charge in [-0.25, -0.2) is 0 Å². The van der Waals surface area contributed by atoms with Crippen LogP contribution < -0.4 is 0 Å². The first-order valence-corrected chi connectivity index (χ1v) is 36.0. The SMILES string of the molecule is CC(C)(C)c1ccc(N=Cc2c(O)c(C=Nc3ccc(C(C)(C)C)cc3C#CCO[Si](C)(C)C(C)(C)C)c(O)c(C=Nc3ccc(C(C)(C)C)cc3C#CCO[Si](C)(C)C(C)(C)C)c2O)c(C#CCO[Si](C)(C)C(C)(C)C)c1. The zero-order valence-corrected chi connectivity index (χ0v) is 55.0. The second-order valence-electron chi connectivity index (χ2n) is 28.1. The molecule has 0 aliphatic rings. The standard InChI is InChI=1S/C66H93N3O6Si3/c1-61(2,3)49-31-34-55(46(40-49)28-25-37-73-76(19,20)64(10,11)12)67-43-52-58(70)53(44-68-56-35-32-50(62(4,5)6)41-47(56)29-26-38-74-77(21,22)65(13,14)15)60(72)54(59(52)71)45-69-57-36-33-51(63(7,8)9)42-48(57)30-27-39-75-78(23,24)66(16,17)18/h31-36,40-45,70-72H,37-39H2,1-24H3. The molecule has 0 spiro atoms. The van der Waals surface area contributed by atoms with Gasteiger partial charge < -0.3 is 28.6 Å². The molecule has 0 radical (unpaired) electrons. The summed E-state index contributed by atoms with van der Waals surface area (Å²) >= 11 is 0. The Morgan fingerprint density at radius 3 is 0.795 bits per heavy atom. The fourth-order valence-corrected chi connectivity index (χ4v) is 9.48. The molecule has 0 aliphatic heterocycles. The molecule has 0 heterocycles. The van der Waals surface area contributed by atoms with Gasteiger partial charge in [0.05, 0.1) is 70.3 Å². The largest absolute Gasteiger partial charge is 0.506 e. The second kappa shape index (κ2) is 24.5. The van der Waals surface area contributed by atoms with E-state index in [4.69, 9.17) is 28.3 Å². The van der Waals surface area contributed by atoms with Crippen LogP contribution in [0.25, 0.3) is 0 Å². The molecule has 0 aliphatic carbocycles. The summed E-state index contributed by atoms with van der Waals surface area (Å²) in [7, 11) is -6.18. The fraction of sp³-hybridized carbons (Fsp3) is 0.500. The minimum atomic E-state index is -2.06. The van der Waals surface area contributed by atoms with Crippen LogP contribution in [-0.2, 0) is 29.5 Å². The lowest BCUT2D eigenvalue weighted by Crippen LogP contribution is -2.40. The van der Waals surface area contributed by atoms with Crippen LogP contribution in [0.4, 0.5) is 17.1 Å². The van der Waals surface area contributed by atoms with E-state index in [0.717, 1.165) is 16.7 Å². The molecule has 0 atom stereocenters. The molecule has 0 fully saturated rings. The molecule has 420 valence electrons. The molecular weight excluding hydrogens is 1010 g/mol. The van der Waals surface area contributed by atoms with Gasteiger partial charge in [-0.2, -0.15) is 0 Å². The molecule has 3 N–H and O–H groups in total. The molecule has 0 bridgehead atoms. The summed E-state index contributed by atoms with van der Waals surface area (Å²) in [5.74, 6) is 18.3. The van der Waals surface area contributed by atoms with Gasteiger partial charge in [0.15, 0.2) is 25.0 Å². The van der Waals surface area contributed by atoms with Crippen molar-refractivity contribution in [1.82, 2.24) is 0 Å². The van der Waals surface area contributed by atoms with E-state index in [1.807, 2.05) is 54.6 Å². The Hall–Kier alpha value is -5.50. The van der Waals surface area contributed by atoms with E-state index in [-0.39, 0.29) is 67.9 Å². The average molecular weight is 1110 g/mol. The van der Waals surface area contributed by atoms with Gasteiger partial charge >= 0.3 is 0 Å². The van der Waals surface area contributed by atoms with E-state index in [1.165, 1.54) is 18.6 Å². The maximum absolute atomic E-state index is 12.2. The Labute approximate surface area is 474 Å². The van der Waals surface area contributed by atoms with Gasteiger partial charge in [-0.05, 0) is 124 Å². The normalized spacial score (nSPS) is 13.4. The van der Waals surface area contributed by atoms with E-state index >= 15 is 0 Å². The molecule has 78 heavy (non-hydrogen) atoms. The van der Waals surface area contributed by atoms with Crippen molar-refractivity contribution in [3.05, 3.63) is 105 Å². The zero-order chi connectivity index (χ0) is 59.3. The highest BCUT2D eigenvalue weighted by molar-refractivity contribution is 6.75. The summed E-state index contributed by atoms with van der Waals surface area (Å²) in [6, 6.07) is 17.7. The summed E-state index contributed by atoms with van der Waals surface area (Å²) in [4.78, 5) is 14.6. The molecule has 0 saturated heterocycles. The first-order chi connectivity index (χ1) is 35.5. The Kier molecular flexibility index (Phi) is 20.4. The fourth-order valence-electron chi connectivity index (χ4n) is 6.88. The highest BCUT2D eigenvalue weighted by Crippen LogP contribution is 2.43. The molecule has 4 rings (SSSR count). The third kappa shape index (κ3) is 17.0. The van der Waals surface area contributed by atoms with Crippen molar-refractivity contribution in [2.75, 3.05) is 19.8 Å². The van der Waals surface area contributed by atoms with E-state index in [2.05, 4.69) is 199 Å². The molecule has 9 nitrogen and oxygen atoms in total. The van der Waals surface area contributed by atoms with Gasteiger partial charge in [-0.1, -0.05) is 178 Å². The highest BCUT2D eigenvalue weighted by atomic mass is 28.4. The molecule has 0 aromatic heterocycles. The van der Waals surface area contributed by atoms with Crippen LogP contribution in [0.1, 0.15) is 175 Å². The number of benzene rings is 4. The number of rotatable bonds is 12. The Morgan fingerprint density at radius 1 is 0.385 bits per heavy atom. The molecule has 0 amide bonds. The van der Waals surface area contributed by atoms with E-state index in [9.17, 15) is 15.3 Å². The third-order valence-electron chi connectivity index (χ3n) is 15.7.